The van der Waals surface area contributed by atoms with E-state index in [1.165, 1.54) is 154 Å². The Hall–Kier alpha value is -3.67. The van der Waals surface area contributed by atoms with Gasteiger partial charge in [0, 0.05) is 19.3 Å². The van der Waals surface area contributed by atoms with Crippen molar-refractivity contribution in [2.75, 3.05) is 13.2 Å². The van der Waals surface area contributed by atoms with Crippen molar-refractivity contribution in [2.45, 2.75) is 322 Å². The molecule has 0 aliphatic rings. The van der Waals surface area contributed by atoms with Gasteiger partial charge in [-0.05, 0) is 116 Å². The third kappa shape index (κ3) is 63.0. The normalized spacial score (nSPS) is 12.7. The van der Waals surface area contributed by atoms with Gasteiger partial charge in [0.2, 0.25) is 0 Å². The quantitative estimate of drug-likeness (QED) is 0.0261. The average molecular weight is 1070 g/mol. The summed E-state index contributed by atoms with van der Waals surface area (Å²) >= 11 is 0. The van der Waals surface area contributed by atoms with E-state index in [1.807, 2.05) is 0 Å². The third-order valence-electron chi connectivity index (χ3n) is 14.0. The van der Waals surface area contributed by atoms with Gasteiger partial charge in [-0.3, -0.25) is 14.4 Å². The van der Waals surface area contributed by atoms with Crippen molar-refractivity contribution in [3.63, 3.8) is 0 Å². The number of carbonyl (C=O) groups is 3. The summed E-state index contributed by atoms with van der Waals surface area (Å²) in [5, 5.41) is 0. The van der Waals surface area contributed by atoms with E-state index in [0.29, 0.717) is 19.3 Å². The van der Waals surface area contributed by atoms with Crippen LogP contribution in [0.2, 0.25) is 0 Å². The molecule has 6 nitrogen and oxygen atoms in total. The SMILES string of the molecule is CC/C=C\C/C=C\C/C=C\C/C=C\C/C=C\CCCCCCCCCCCCCC(=O)OCC(COC(=O)CCCCCCC/C=C\C/C=C\CCC)OC(=O)CCCCCCCCCCC/C=C\CCCCCCCC. The highest BCUT2D eigenvalue weighted by Gasteiger charge is 2.19. The summed E-state index contributed by atoms with van der Waals surface area (Å²) in [7, 11) is 0. The lowest BCUT2D eigenvalue weighted by atomic mass is 10.0. The van der Waals surface area contributed by atoms with Gasteiger partial charge in [0.05, 0.1) is 0 Å². The maximum atomic E-state index is 12.9. The first kappa shape index (κ1) is 73.3. The summed E-state index contributed by atoms with van der Waals surface area (Å²) in [4.78, 5) is 38.3. The zero-order valence-corrected chi connectivity index (χ0v) is 50.7. The Bertz CT molecular complexity index is 1510. The Kier molecular flexibility index (Phi) is 61.8. The van der Waals surface area contributed by atoms with E-state index in [1.54, 1.807) is 0 Å². The second-order valence-corrected chi connectivity index (χ2v) is 21.6. The Balaban J connectivity index is 4.30. The van der Waals surface area contributed by atoms with Gasteiger partial charge in [-0.25, -0.2) is 0 Å². The summed E-state index contributed by atoms with van der Waals surface area (Å²) < 4.78 is 16.9. The minimum absolute atomic E-state index is 0.0831. The van der Waals surface area contributed by atoms with Crippen LogP contribution >= 0.6 is 0 Å². The van der Waals surface area contributed by atoms with E-state index in [2.05, 4.69) is 118 Å². The zero-order chi connectivity index (χ0) is 55.7. The van der Waals surface area contributed by atoms with Crippen LogP contribution in [0.4, 0.5) is 0 Å². The van der Waals surface area contributed by atoms with Crippen molar-refractivity contribution in [2.24, 2.45) is 0 Å². The fourth-order valence-corrected chi connectivity index (χ4v) is 9.15. The van der Waals surface area contributed by atoms with E-state index in [-0.39, 0.29) is 31.1 Å². The number of allylic oxidation sites excluding steroid dienone is 16. The molecule has 0 aromatic carbocycles. The van der Waals surface area contributed by atoms with Gasteiger partial charge in [0.15, 0.2) is 6.10 Å². The number of hydrogen-bond donors (Lipinski definition) is 0. The lowest BCUT2D eigenvalue weighted by Crippen LogP contribution is -2.30. The van der Waals surface area contributed by atoms with Crippen LogP contribution in [0.1, 0.15) is 316 Å². The Morgan fingerprint density at radius 2 is 0.532 bits per heavy atom. The van der Waals surface area contributed by atoms with Crippen LogP contribution in [-0.2, 0) is 28.6 Å². The minimum Gasteiger partial charge on any atom is -0.462 e. The fraction of sp³-hybridized carbons (Fsp3) is 0.732. The summed E-state index contributed by atoms with van der Waals surface area (Å²) in [6, 6.07) is 0. The second-order valence-electron chi connectivity index (χ2n) is 21.6. The molecule has 0 saturated heterocycles. The number of rotatable bonds is 59. The average Bonchev–Trinajstić information content (AvgIpc) is 3.43. The molecule has 0 bridgehead atoms. The van der Waals surface area contributed by atoms with E-state index in [0.717, 1.165) is 122 Å². The molecule has 0 heterocycles. The molecule has 0 rings (SSSR count). The highest BCUT2D eigenvalue weighted by molar-refractivity contribution is 5.71. The summed E-state index contributed by atoms with van der Waals surface area (Å²) in [5.74, 6) is -0.892. The lowest BCUT2D eigenvalue weighted by Gasteiger charge is -2.18. The predicted molar refractivity (Wildman–Crippen MR) is 334 cm³/mol. The molecule has 0 aliphatic carbocycles. The molecular weight excluding hydrogens is 949 g/mol. The van der Waals surface area contributed by atoms with Gasteiger partial charge < -0.3 is 14.2 Å². The Morgan fingerprint density at radius 3 is 0.857 bits per heavy atom. The second kappa shape index (κ2) is 64.9. The van der Waals surface area contributed by atoms with Crippen LogP contribution in [0, 0.1) is 0 Å². The molecule has 0 aromatic heterocycles. The van der Waals surface area contributed by atoms with Crippen LogP contribution in [0.5, 0.6) is 0 Å². The summed E-state index contributed by atoms with van der Waals surface area (Å²) in [6.07, 6.45) is 87.0. The van der Waals surface area contributed by atoms with Crippen molar-refractivity contribution in [1.29, 1.82) is 0 Å². The molecule has 6 heteroatoms. The van der Waals surface area contributed by atoms with Crippen LogP contribution in [0.3, 0.4) is 0 Å². The summed E-state index contributed by atoms with van der Waals surface area (Å²) in [6.45, 7) is 6.47. The number of carbonyl (C=O) groups excluding carboxylic acids is 3. The molecule has 0 N–H and O–H groups in total. The molecule has 1 atom stereocenters. The van der Waals surface area contributed by atoms with Gasteiger partial charge in [-0.1, -0.05) is 279 Å². The molecular formula is C71H122O6. The van der Waals surface area contributed by atoms with Gasteiger partial charge in [-0.2, -0.15) is 0 Å². The highest BCUT2D eigenvalue weighted by Crippen LogP contribution is 2.16. The van der Waals surface area contributed by atoms with Crippen LogP contribution in [0.25, 0.3) is 0 Å². The van der Waals surface area contributed by atoms with Crippen LogP contribution in [-0.4, -0.2) is 37.2 Å². The van der Waals surface area contributed by atoms with E-state index >= 15 is 0 Å². The van der Waals surface area contributed by atoms with Gasteiger partial charge in [0.1, 0.15) is 13.2 Å². The molecule has 1 unspecified atom stereocenters. The van der Waals surface area contributed by atoms with Crippen LogP contribution < -0.4 is 0 Å². The van der Waals surface area contributed by atoms with Crippen molar-refractivity contribution in [3.8, 4) is 0 Å². The van der Waals surface area contributed by atoms with Crippen molar-refractivity contribution in [3.05, 3.63) is 97.2 Å². The molecule has 0 fully saturated rings. The molecule has 0 spiro atoms. The molecule has 0 saturated carbocycles. The van der Waals surface area contributed by atoms with Crippen LogP contribution in [0.15, 0.2) is 97.2 Å². The first-order valence-corrected chi connectivity index (χ1v) is 32.7. The van der Waals surface area contributed by atoms with Crippen molar-refractivity contribution >= 4 is 17.9 Å². The predicted octanol–water partition coefficient (Wildman–Crippen LogP) is 22.4. The number of esters is 3. The van der Waals surface area contributed by atoms with E-state index < -0.39 is 6.10 Å². The van der Waals surface area contributed by atoms with Gasteiger partial charge in [0.25, 0.3) is 0 Å². The van der Waals surface area contributed by atoms with Crippen molar-refractivity contribution < 1.29 is 28.6 Å². The topological polar surface area (TPSA) is 78.9 Å². The molecule has 0 radical (unpaired) electrons. The zero-order valence-electron chi connectivity index (χ0n) is 50.7. The first-order chi connectivity index (χ1) is 38.0. The van der Waals surface area contributed by atoms with E-state index in [4.69, 9.17) is 14.2 Å². The molecule has 0 amide bonds. The smallest absolute Gasteiger partial charge is 0.306 e. The fourth-order valence-electron chi connectivity index (χ4n) is 9.15. The molecule has 442 valence electrons. The Morgan fingerprint density at radius 1 is 0.273 bits per heavy atom. The summed E-state index contributed by atoms with van der Waals surface area (Å²) in [5.41, 5.74) is 0. The number of ether oxygens (including phenoxy) is 3. The van der Waals surface area contributed by atoms with Gasteiger partial charge >= 0.3 is 17.9 Å². The third-order valence-corrected chi connectivity index (χ3v) is 14.0. The molecule has 77 heavy (non-hydrogen) atoms. The van der Waals surface area contributed by atoms with E-state index in [9.17, 15) is 14.4 Å². The Labute approximate surface area is 477 Å². The monoisotopic (exact) mass is 1070 g/mol. The largest absolute Gasteiger partial charge is 0.462 e. The molecule has 0 aliphatic heterocycles. The first-order valence-electron chi connectivity index (χ1n) is 32.7. The highest BCUT2D eigenvalue weighted by atomic mass is 16.6. The van der Waals surface area contributed by atoms with Crippen molar-refractivity contribution in [1.82, 2.24) is 0 Å². The maximum absolute atomic E-state index is 12.9. The standard InChI is InChI=1S/C71H122O6/c1-4-7-10-13-16-19-22-25-27-29-31-32-33-34-35-36-37-38-40-41-43-46-49-52-55-58-61-64-70(73)76-67-68(66-75-69(72)63-60-57-54-51-48-45-24-21-18-15-12-9-6-3)77-71(74)65-62-59-56-53-50-47-44-42-39-30-28-26-23-20-17-14-11-8-5-2/h7,10,12,15-16,19,21,24-28,31-32,34-35,68H,4-6,8-9,11,13-14,17-18,20,22-23,29-30,33,36-67H2,1-3H3/b10-7-,15-12-,19-16-,24-21-,27-25-,28-26-,32-31-,35-34-. The lowest BCUT2D eigenvalue weighted by molar-refractivity contribution is -0.167. The minimum atomic E-state index is -0.787. The number of unbranched alkanes of at least 4 members (excludes halogenated alkanes) is 32. The number of hydrogen-bond acceptors (Lipinski definition) is 6. The van der Waals surface area contributed by atoms with Gasteiger partial charge in [-0.15, -0.1) is 0 Å². The maximum Gasteiger partial charge on any atom is 0.306 e. The molecule has 0 aromatic rings.